The number of hydrogen-bond acceptors (Lipinski definition) is 10. The Labute approximate surface area is 201 Å². The van der Waals surface area contributed by atoms with E-state index in [4.69, 9.17) is 29.6 Å². The van der Waals surface area contributed by atoms with Crippen molar-refractivity contribution < 1.29 is 27.2 Å². The zero-order valence-electron chi connectivity index (χ0n) is 18.9. The van der Waals surface area contributed by atoms with Gasteiger partial charge in [-0.05, 0) is 39.5 Å². The molecule has 0 amide bonds. The Morgan fingerprint density at radius 1 is 1.29 bits per heavy atom. The molecule has 14 heteroatoms. The molecule has 0 unspecified atom stereocenters. The first-order chi connectivity index (χ1) is 16.1. The highest BCUT2D eigenvalue weighted by molar-refractivity contribution is 7.99. The summed E-state index contributed by atoms with van der Waals surface area (Å²) >= 11 is 1.58. The molecule has 0 spiro atoms. The number of thioether (sulfide) groups is 1. The van der Waals surface area contributed by atoms with Gasteiger partial charge in [0.25, 0.3) is 0 Å². The van der Waals surface area contributed by atoms with E-state index < -0.39 is 40.6 Å². The third-order valence-corrected chi connectivity index (χ3v) is 7.70. The summed E-state index contributed by atoms with van der Waals surface area (Å²) in [5.41, 5.74) is 8.10. The van der Waals surface area contributed by atoms with E-state index in [0.717, 1.165) is 18.6 Å². The van der Waals surface area contributed by atoms with Gasteiger partial charge in [-0.3, -0.25) is 4.55 Å². The van der Waals surface area contributed by atoms with E-state index in [9.17, 15) is 8.42 Å². The van der Waals surface area contributed by atoms with Crippen LogP contribution < -0.4 is 10.5 Å². The number of nitrogens with one attached hydrogen (secondary N) is 1. The summed E-state index contributed by atoms with van der Waals surface area (Å²) in [5, 5.41) is 6.12. The number of nitrogens with zero attached hydrogens (tertiary/aromatic N) is 4. The van der Waals surface area contributed by atoms with Crippen LogP contribution in [-0.2, 0) is 24.5 Å². The molecule has 5 rings (SSSR count). The highest BCUT2D eigenvalue weighted by atomic mass is 32.2. The lowest BCUT2D eigenvalue weighted by molar-refractivity contribution is -0.196. The molecule has 2 aromatic rings. The number of rotatable bonds is 7. The average Bonchev–Trinajstić information content (AvgIpc) is 3.40. The highest BCUT2D eigenvalue weighted by Crippen LogP contribution is 2.44. The first kappa shape index (κ1) is 23.9. The van der Waals surface area contributed by atoms with Crippen LogP contribution in [0.4, 0.5) is 5.82 Å². The smallest absolute Gasteiger partial charge is 0.333 e. The quantitative estimate of drug-likeness (QED) is 0.281. The van der Waals surface area contributed by atoms with Gasteiger partial charge in [-0.25, -0.2) is 14.6 Å². The van der Waals surface area contributed by atoms with Gasteiger partial charge in [0.05, 0.1) is 5.39 Å². The van der Waals surface area contributed by atoms with Crippen molar-refractivity contribution in [3.05, 3.63) is 18.0 Å². The molecule has 186 valence electrons. The fourth-order valence-electron chi connectivity index (χ4n) is 4.65. The lowest BCUT2D eigenvalue weighted by Crippen LogP contribution is -2.39. The second kappa shape index (κ2) is 9.00. The van der Waals surface area contributed by atoms with Gasteiger partial charge in [-0.15, -0.1) is 0 Å². The molecule has 2 fully saturated rings. The topological polar surface area (TPSA) is 164 Å². The minimum Gasteiger partial charge on any atom is -0.383 e. The first-order valence-corrected chi connectivity index (χ1v) is 13.6. The number of fused-ring (bicyclic) bond motifs is 2. The van der Waals surface area contributed by atoms with E-state index in [0.29, 0.717) is 21.9 Å². The van der Waals surface area contributed by atoms with Crippen molar-refractivity contribution in [1.82, 2.24) is 24.5 Å². The lowest BCUT2D eigenvalue weighted by Gasteiger charge is -2.24. The Kier molecular flexibility index (Phi) is 6.33. The summed E-state index contributed by atoms with van der Waals surface area (Å²) in [6, 6.07) is 0. The van der Waals surface area contributed by atoms with Crippen molar-refractivity contribution in [2.75, 3.05) is 18.0 Å². The molecule has 0 bridgehead atoms. The predicted octanol–water partition coefficient (Wildman–Crippen LogP) is 1.81. The Morgan fingerprint density at radius 3 is 2.82 bits per heavy atom. The van der Waals surface area contributed by atoms with E-state index in [1.165, 1.54) is 24.7 Å². The number of nitrogens with two attached hydrogens (primary N) is 1. The van der Waals surface area contributed by atoms with Crippen LogP contribution in [0.25, 0.3) is 11.0 Å². The monoisotopic (exact) mass is 512 g/mol. The SMILES string of the molecule is CC1(C)O[C@@H]2[C@H](O1)[C@@H](CNS(=O)(=O)O)O[C@H]2n1nc(SCC2=CCCCC2)c2c(N)ncnc21. The summed E-state index contributed by atoms with van der Waals surface area (Å²) in [6.45, 7) is 3.36. The number of allylic oxidation sites excluding steroid dienone is 1. The normalized spacial score (nSPS) is 28.9. The van der Waals surface area contributed by atoms with Gasteiger partial charge in [0.1, 0.15) is 35.5 Å². The van der Waals surface area contributed by atoms with Crippen LogP contribution in [0, 0.1) is 0 Å². The van der Waals surface area contributed by atoms with Gasteiger partial charge in [0.15, 0.2) is 17.7 Å². The molecule has 3 aliphatic rings. The van der Waals surface area contributed by atoms with Gasteiger partial charge in [-0.1, -0.05) is 23.4 Å². The Morgan fingerprint density at radius 2 is 2.09 bits per heavy atom. The van der Waals surface area contributed by atoms with Crippen LogP contribution in [0.3, 0.4) is 0 Å². The minimum atomic E-state index is -4.40. The molecule has 0 aromatic carbocycles. The molecule has 4 N–H and O–H groups in total. The van der Waals surface area contributed by atoms with Crippen molar-refractivity contribution >= 4 is 38.9 Å². The maximum atomic E-state index is 11.2. The fourth-order valence-corrected chi connectivity index (χ4v) is 6.09. The van der Waals surface area contributed by atoms with Crippen molar-refractivity contribution in [1.29, 1.82) is 0 Å². The Hall–Kier alpha value is -1.81. The molecule has 4 heterocycles. The van der Waals surface area contributed by atoms with Crippen LogP contribution in [0.15, 0.2) is 23.0 Å². The molecule has 2 saturated heterocycles. The third kappa shape index (κ3) is 4.80. The maximum Gasteiger partial charge on any atom is 0.333 e. The van der Waals surface area contributed by atoms with Gasteiger partial charge >= 0.3 is 10.3 Å². The highest BCUT2D eigenvalue weighted by Gasteiger charge is 2.56. The lowest BCUT2D eigenvalue weighted by atomic mass is 10.0. The van der Waals surface area contributed by atoms with Crippen LogP contribution in [0.5, 0.6) is 0 Å². The van der Waals surface area contributed by atoms with Crippen molar-refractivity contribution in [3.8, 4) is 0 Å². The molecule has 0 radical (unpaired) electrons. The van der Waals surface area contributed by atoms with E-state index in [1.807, 2.05) is 0 Å². The standard InChI is InChI=1S/C20H28N6O6S2/c1-20(2)31-14-12(8-24-34(27,28)29)30-19(15(14)32-20)26-17-13(16(21)22-10-23-17)18(25-26)33-9-11-6-4-3-5-7-11/h6,10,12,14-15,19,24H,3-5,7-9H2,1-2H3,(H2,21,22,23)(H,27,28,29)/t12-,14-,15-,19-/m1/s1. The number of ether oxygens (including phenoxy) is 3. The molecule has 0 saturated carbocycles. The zero-order valence-corrected chi connectivity index (χ0v) is 20.5. The maximum absolute atomic E-state index is 11.2. The van der Waals surface area contributed by atoms with Crippen LogP contribution in [0.2, 0.25) is 0 Å². The van der Waals surface area contributed by atoms with Gasteiger partial charge in [-0.2, -0.15) is 18.2 Å². The summed E-state index contributed by atoms with van der Waals surface area (Å²) in [4.78, 5) is 8.56. The van der Waals surface area contributed by atoms with E-state index in [1.54, 1.807) is 30.3 Å². The fraction of sp³-hybridized carbons (Fsp3) is 0.650. The van der Waals surface area contributed by atoms with Crippen LogP contribution >= 0.6 is 11.8 Å². The van der Waals surface area contributed by atoms with Gasteiger partial charge in [0, 0.05) is 12.3 Å². The van der Waals surface area contributed by atoms with Crippen molar-refractivity contribution in [2.45, 2.75) is 74.9 Å². The molecule has 1 aliphatic carbocycles. The number of anilines is 1. The van der Waals surface area contributed by atoms with E-state index in [2.05, 4.69) is 20.8 Å². The zero-order chi connectivity index (χ0) is 24.1. The number of aromatic nitrogens is 4. The largest absolute Gasteiger partial charge is 0.383 e. The second-order valence-corrected chi connectivity index (χ2v) is 11.3. The van der Waals surface area contributed by atoms with Crippen LogP contribution in [-0.4, -0.2) is 69.1 Å². The molecule has 4 atom stereocenters. The molecule has 2 aliphatic heterocycles. The van der Waals surface area contributed by atoms with Crippen molar-refractivity contribution in [2.24, 2.45) is 0 Å². The van der Waals surface area contributed by atoms with Gasteiger partial charge in [0.2, 0.25) is 0 Å². The molecular formula is C20H28N6O6S2. The average molecular weight is 513 g/mol. The summed E-state index contributed by atoms with van der Waals surface area (Å²) in [6.07, 6.45) is 5.61. The number of hydrogen-bond donors (Lipinski definition) is 3. The van der Waals surface area contributed by atoms with Crippen molar-refractivity contribution in [3.63, 3.8) is 0 Å². The Bertz CT molecular complexity index is 1220. The number of nitrogen functional groups attached to an aromatic ring is 1. The molecular weight excluding hydrogens is 484 g/mol. The predicted molar refractivity (Wildman–Crippen MR) is 124 cm³/mol. The summed E-state index contributed by atoms with van der Waals surface area (Å²) in [5.74, 6) is 0.209. The third-order valence-electron chi connectivity index (χ3n) is 6.10. The molecule has 34 heavy (non-hydrogen) atoms. The van der Waals surface area contributed by atoms with E-state index in [-0.39, 0.29) is 6.54 Å². The summed E-state index contributed by atoms with van der Waals surface area (Å²) in [7, 11) is -4.40. The minimum absolute atomic E-state index is 0.192. The summed E-state index contributed by atoms with van der Waals surface area (Å²) < 4.78 is 53.5. The van der Waals surface area contributed by atoms with E-state index >= 15 is 0 Å². The molecule has 2 aromatic heterocycles. The van der Waals surface area contributed by atoms with Crippen LogP contribution in [0.1, 0.15) is 45.8 Å². The second-order valence-electron chi connectivity index (χ2n) is 9.06. The Balaban J connectivity index is 1.47. The first-order valence-electron chi connectivity index (χ1n) is 11.1. The van der Waals surface area contributed by atoms with Gasteiger partial charge < -0.3 is 19.9 Å². The molecule has 12 nitrogen and oxygen atoms in total.